The van der Waals surface area contributed by atoms with E-state index in [0.717, 1.165) is 18.4 Å². The summed E-state index contributed by atoms with van der Waals surface area (Å²) in [5.74, 6) is -1.94. The Hall–Kier alpha value is -1.63. The molecule has 0 spiro atoms. The molecule has 1 rings (SSSR count). The number of sulfone groups is 1. The average Bonchev–Trinajstić information content (AvgIpc) is 2.25. The molecule has 0 saturated heterocycles. The van der Waals surface area contributed by atoms with Crippen LogP contribution in [-0.4, -0.2) is 37.0 Å². The Bertz CT molecular complexity index is 596. The summed E-state index contributed by atoms with van der Waals surface area (Å²) in [5, 5.41) is 11.7. The van der Waals surface area contributed by atoms with Gasteiger partial charge in [0.25, 0.3) is 0 Å². The molecule has 0 aliphatic carbocycles. The minimum Gasteiger partial charge on any atom is -0.478 e. The van der Waals surface area contributed by atoms with Crippen molar-refractivity contribution in [2.45, 2.75) is 18.6 Å². The fourth-order valence-corrected chi connectivity index (χ4v) is 1.62. The highest BCUT2D eigenvalue weighted by Crippen LogP contribution is 2.20. The van der Waals surface area contributed by atoms with Crippen molar-refractivity contribution < 1.29 is 22.7 Å². The monoisotopic (exact) mass is 289 g/mol. The van der Waals surface area contributed by atoms with Crippen LogP contribution in [0.1, 0.15) is 24.2 Å². The molecule has 106 valence electrons. The van der Waals surface area contributed by atoms with E-state index < -0.39 is 26.4 Å². The number of benzene rings is 1. The van der Waals surface area contributed by atoms with Crippen molar-refractivity contribution in [1.29, 1.82) is 0 Å². The predicted octanol–water partition coefficient (Wildman–Crippen LogP) is 1.76. The molecule has 19 heavy (non-hydrogen) atoms. The van der Waals surface area contributed by atoms with Crippen LogP contribution in [0, 0.1) is 5.82 Å². The molecular weight excluding hydrogens is 273 g/mol. The van der Waals surface area contributed by atoms with Crippen LogP contribution in [0.4, 0.5) is 10.1 Å². The molecular formula is C12H16FNO4S. The predicted molar refractivity (Wildman–Crippen MR) is 70.8 cm³/mol. The van der Waals surface area contributed by atoms with Gasteiger partial charge in [-0.05, 0) is 32.0 Å². The van der Waals surface area contributed by atoms with Gasteiger partial charge in [0.05, 0.1) is 10.3 Å². The van der Waals surface area contributed by atoms with Crippen LogP contribution in [0.2, 0.25) is 0 Å². The van der Waals surface area contributed by atoms with E-state index in [1.54, 1.807) is 0 Å². The third-order valence-corrected chi connectivity index (χ3v) is 5.07. The molecule has 0 aromatic heterocycles. The van der Waals surface area contributed by atoms with E-state index in [9.17, 15) is 17.6 Å². The van der Waals surface area contributed by atoms with Crippen molar-refractivity contribution in [3.8, 4) is 0 Å². The highest BCUT2D eigenvalue weighted by Gasteiger charge is 2.30. The van der Waals surface area contributed by atoms with E-state index in [0.29, 0.717) is 0 Å². The molecule has 0 radical (unpaired) electrons. The minimum absolute atomic E-state index is 0.0255. The van der Waals surface area contributed by atoms with Crippen LogP contribution in [0.25, 0.3) is 0 Å². The summed E-state index contributed by atoms with van der Waals surface area (Å²) in [6.45, 7) is 3.08. The number of hydrogen-bond donors (Lipinski definition) is 2. The number of hydrogen-bond acceptors (Lipinski definition) is 4. The molecule has 7 heteroatoms. The second kappa shape index (κ2) is 5.16. The zero-order valence-corrected chi connectivity index (χ0v) is 11.7. The standard InChI is InChI=1S/C12H16FNO4S/c1-12(2,19(3,17)18)7-14-10-5-4-8(13)6-9(10)11(15)16/h4-6,14H,7H2,1-3H3,(H,15,16). The summed E-state index contributed by atoms with van der Waals surface area (Å²) in [5.41, 5.74) is -0.0464. The fourth-order valence-electron chi connectivity index (χ4n) is 1.29. The van der Waals surface area contributed by atoms with Crippen LogP contribution < -0.4 is 5.32 Å². The SMILES string of the molecule is CC(C)(CNc1ccc(F)cc1C(=O)O)S(C)(=O)=O. The van der Waals surface area contributed by atoms with E-state index in [1.165, 1.54) is 19.9 Å². The first kappa shape index (κ1) is 15.4. The summed E-state index contributed by atoms with van der Waals surface area (Å²) < 4.78 is 35.0. The van der Waals surface area contributed by atoms with Crippen LogP contribution >= 0.6 is 0 Å². The summed E-state index contributed by atoms with van der Waals surface area (Å²) in [7, 11) is -3.30. The number of anilines is 1. The number of carbonyl (C=O) groups is 1. The van der Waals surface area contributed by atoms with E-state index in [-0.39, 0.29) is 17.8 Å². The van der Waals surface area contributed by atoms with Crippen molar-refractivity contribution in [2.75, 3.05) is 18.1 Å². The summed E-state index contributed by atoms with van der Waals surface area (Å²) in [4.78, 5) is 11.0. The van der Waals surface area contributed by atoms with Crippen molar-refractivity contribution in [1.82, 2.24) is 0 Å². The average molecular weight is 289 g/mol. The zero-order valence-electron chi connectivity index (χ0n) is 10.9. The lowest BCUT2D eigenvalue weighted by Gasteiger charge is -2.23. The Morgan fingerprint density at radius 3 is 2.47 bits per heavy atom. The maximum atomic E-state index is 13.0. The van der Waals surface area contributed by atoms with E-state index in [2.05, 4.69) is 5.32 Å². The van der Waals surface area contributed by atoms with Crippen LogP contribution in [0.15, 0.2) is 18.2 Å². The molecule has 0 heterocycles. The third kappa shape index (κ3) is 3.66. The highest BCUT2D eigenvalue weighted by atomic mass is 32.2. The van der Waals surface area contributed by atoms with Gasteiger partial charge in [-0.15, -0.1) is 0 Å². The number of nitrogens with one attached hydrogen (secondary N) is 1. The van der Waals surface area contributed by atoms with Gasteiger partial charge in [0, 0.05) is 18.5 Å². The lowest BCUT2D eigenvalue weighted by molar-refractivity contribution is 0.0697. The van der Waals surface area contributed by atoms with Gasteiger partial charge in [0.15, 0.2) is 9.84 Å². The number of aromatic carboxylic acids is 1. The van der Waals surface area contributed by atoms with Gasteiger partial charge in [0.2, 0.25) is 0 Å². The molecule has 1 aromatic rings. The lowest BCUT2D eigenvalue weighted by Crippen LogP contribution is -2.38. The maximum absolute atomic E-state index is 13.0. The Balaban J connectivity index is 2.99. The zero-order chi connectivity index (χ0) is 14.8. The Morgan fingerprint density at radius 2 is 2.00 bits per heavy atom. The second-order valence-corrected chi connectivity index (χ2v) is 7.53. The second-order valence-electron chi connectivity index (χ2n) is 4.88. The smallest absolute Gasteiger partial charge is 0.337 e. The number of halogens is 1. The molecule has 5 nitrogen and oxygen atoms in total. The van der Waals surface area contributed by atoms with Gasteiger partial charge in [0.1, 0.15) is 5.82 Å². The molecule has 0 fully saturated rings. The topological polar surface area (TPSA) is 83.5 Å². The summed E-state index contributed by atoms with van der Waals surface area (Å²) in [6.07, 6.45) is 1.11. The summed E-state index contributed by atoms with van der Waals surface area (Å²) >= 11 is 0. The van der Waals surface area contributed by atoms with Crippen molar-refractivity contribution in [3.63, 3.8) is 0 Å². The lowest BCUT2D eigenvalue weighted by atomic mass is 10.1. The first-order valence-electron chi connectivity index (χ1n) is 5.51. The summed E-state index contributed by atoms with van der Waals surface area (Å²) in [6, 6.07) is 3.28. The quantitative estimate of drug-likeness (QED) is 0.863. The molecule has 0 unspecified atom stereocenters. The maximum Gasteiger partial charge on any atom is 0.337 e. The van der Waals surface area contributed by atoms with Crippen molar-refractivity contribution in [2.24, 2.45) is 0 Å². The number of rotatable bonds is 5. The minimum atomic E-state index is -3.30. The van der Waals surface area contributed by atoms with Crippen LogP contribution in [0.5, 0.6) is 0 Å². The van der Waals surface area contributed by atoms with Gasteiger partial charge in [-0.3, -0.25) is 0 Å². The molecule has 2 N–H and O–H groups in total. The van der Waals surface area contributed by atoms with E-state index in [1.807, 2.05) is 0 Å². The van der Waals surface area contributed by atoms with Gasteiger partial charge in [-0.2, -0.15) is 0 Å². The Morgan fingerprint density at radius 1 is 1.42 bits per heavy atom. The molecule has 1 aromatic carbocycles. The van der Waals surface area contributed by atoms with Crippen LogP contribution in [0.3, 0.4) is 0 Å². The largest absolute Gasteiger partial charge is 0.478 e. The number of carboxylic acids is 1. The first-order chi connectivity index (χ1) is 8.54. The third-order valence-electron chi connectivity index (χ3n) is 2.92. The normalized spacial score (nSPS) is 12.2. The van der Waals surface area contributed by atoms with Gasteiger partial charge < -0.3 is 10.4 Å². The van der Waals surface area contributed by atoms with Crippen LogP contribution in [-0.2, 0) is 9.84 Å². The molecule has 0 bridgehead atoms. The highest BCUT2D eigenvalue weighted by molar-refractivity contribution is 7.92. The van der Waals surface area contributed by atoms with E-state index >= 15 is 0 Å². The molecule has 0 aliphatic heterocycles. The van der Waals surface area contributed by atoms with Gasteiger partial charge in [-0.25, -0.2) is 17.6 Å². The van der Waals surface area contributed by atoms with Crippen molar-refractivity contribution in [3.05, 3.63) is 29.6 Å². The first-order valence-corrected chi connectivity index (χ1v) is 7.40. The fraction of sp³-hybridized carbons (Fsp3) is 0.417. The molecule has 0 aliphatic rings. The van der Waals surface area contributed by atoms with Gasteiger partial charge >= 0.3 is 5.97 Å². The Labute approximate surface area is 111 Å². The molecule has 0 amide bonds. The van der Waals surface area contributed by atoms with Crippen molar-refractivity contribution >= 4 is 21.5 Å². The number of carboxylic acid groups (broad SMARTS) is 1. The molecule has 0 atom stereocenters. The Kier molecular flexibility index (Phi) is 4.19. The van der Waals surface area contributed by atoms with E-state index in [4.69, 9.17) is 5.11 Å². The van der Waals surface area contributed by atoms with Gasteiger partial charge in [-0.1, -0.05) is 0 Å². The molecule has 0 saturated carbocycles.